The van der Waals surface area contributed by atoms with E-state index in [1.165, 1.54) is 11.1 Å². The van der Waals surface area contributed by atoms with Crippen molar-refractivity contribution in [3.63, 3.8) is 0 Å². The molecule has 92 valence electrons. The van der Waals surface area contributed by atoms with Gasteiger partial charge in [0.15, 0.2) is 0 Å². The minimum Gasteiger partial charge on any atom is -0.386 e. The van der Waals surface area contributed by atoms with E-state index in [-0.39, 0.29) is 10.8 Å². The molecule has 0 aromatic heterocycles. The number of rotatable bonds is 0. The maximum atomic E-state index is 10.3. The lowest BCUT2D eigenvalue weighted by Crippen LogP contribution is -2.31. The van der Waals surface area contributed by atoms with Gasteiger partial charge in [-0.25, -0.2) is 0 Å². The first-order chi connectivity index (χ1) is 6.92. The van der Waals surface area contributed by atoms with E-state index in [2.05, 4.69) is 47.6 Å². The molecule has 0 fully saturated rings. The summed E-state index contributed by atoms with van der Waals surface area (Å²) in [6, 6.07) is 0. The quantitative estimate of drug-likeness (QED) is 0.654. The first kappa shape index (κ1) is 13.5. The molecule has 0 amide bonds. The number of aliphatic hydroxyl groups is 1. The second-order valence-corrected chi connectivity index (χ2v) is 7.30. The van der Waals surface area contributed by atoms with Crippen molar-refractivity contribution in [3.05, 3.63) is 23.3 Å². The Morgan fingerprint density at radius 2 is 1.56 bits per heavy atom. The van der Waals surface area contributed by atoms with E-state index < -0.39 is 5.60 Å². The van der Waals surface area contributed by atoms with Gasteiger partial charge in [0.1, 0.15) is 0 Å². The van der Waals surface area contributed by atoms with Crippen molar-refractivity contribution in [1.82, 2.24) is 0 Å². The van der Waals surface area contributed by atoms with Crippen molar-refractivity contribution in [2.75, 3.05) is 0 Å². The van der Waals surface area contributed by atoms with Crippen molar-refractivity contribution in [2.45, 2.75) is 60.5 Å². The minimum atomic E-state index is -0.694. The fourth-order valence-corrected chi connectivity index (χ4v) is 1.97. The summed E-state index contributed by atoms with van der Waals surface area (Å²) in [6.07, 6.45) is 5.04. The highest BCUT2D eigenvalue weighted by Crippen LogP contribution is 2.41. The molecule has 1 unspecified atom stereocenters. The Hall–Kier alpha value is -0.560. The fraction of sp³-hybridized carbons (Fsp3) is 0.733. The Balaban J connectivity index is 3.19. The molecular weight excluding hydrogens is 196 g/mol. The van der Waals surface area contributed by atoms with Crippen molar-refractivity contribution in [2.24, 2.45) is 10.8 Å². The van der Waals surface area contributed by atoms with E-state index >= 15 is 0 Å². The number of hydrogen-bond donors (Lipinski definition) is 1. The summed E-state index contributed by atoms with van der Waals surface area (Å²) in [5.41, 5.74) is 2.12. The van der Waals surface area contributed by atoms with Gasteiger partial charge in [-0.05, 0) is 29.4 Å². The van der Waals surface area contributed by atoms with Crippen LogP contribution in [0.25, 0.3) is 0 Å². The summed E-state index contributed by atoms with van der Waals surface area (Å²) in [6.45, 7) is 15.1. The second kappa shape index (κ2) is 3.73. The van der Waals surface area contributed by atoms with Gasteiger partial charge in [-0.2, -0.15) is 0 Å². The van der Waals surface area contributed by atoms with Crippen LogP contribution < -0.4 is 0 Å². The smallest absolute Gasteiger partial charge is 0.0842 e. The molecule has 1 aliphatic carbocycles. The van der Waals surface area contributed by atoms with Crippen LogP contribution in [0.3, 0.4) is 0 Å². The third kappa shape index (κ3) is 3.21. The average Bonchev–Trinajstić information content (AvgIpc) is 1.97. The highest BCUT2D eigenvalue weighted by atomic mass is 16.3. The molecule has 0 radical (unpaired) electrons. The van der Waals surface area contributed by atoms with E-state index in [1.807, 2.05) is 13.0 Å². The van der Waals surface area contributed by atoms with Gasteiger partial charge in [-0.1, -0.05) is 53.2 Å². The predicted molar refractivity (Wildman–Crippen MR) is 70.3 cm³/mol. The molecule has 1 rings (SSSR count). The predicted octanol–water partition coefficient (Wildman–Crippen LogP) is 4.09. The molecule has 0 heterocycles. The van der Waals surface area contributed by atoms with Gasteiger partial charge >= 0.3 is 0 Å². The van der Waals surface area contributed by atoms with Gasteiger partial charge in [0.2, 0.25) is 0 Å². The molecule has 16 heavy (non-hydrogen) atoms. The van der Waals surface area contributed by atoms with Crippen molar-refractivity contribution in [1.29, 1.82) is 0 Å². The molecule has 0 spiro atoms. The van der Waals surface area contributed by atoms with E-state index in [9.17, 15) is 5.11 Å². The van der Waals surface area contributed by atoms with E-state index in [0.29, 0.717) is 0 Å². The third-order valence-electron chi connectivity index (χ3n) is 3.17. The molecular formula is C15H26O. The highest BCUT2D eigenvalue weighted by Gasteiger charge is 2.32. The molecule has 1 aliphatic rings. The zero-order valence-electron chi connectivity index (χ0n) is 11.8. The van der Waals surface area contributed by atoms with Gasteiger partial charge in [0.05, 0.1) is 5.60 Å². The topological polar surface area (TPSA) is 20.2 Å². The minimum absolute atomic E-state index is 0.0981. The van der Waals surface area contributed by atoms with Crippen LogP contribution in [0.2, 0.25) is 0 Å². The van der Waals surface area contributed by atoms with Crippen LogP contribution in [-0.2, 0) is 0 Å². The summed E-state index contributed by atoms with van der Waals surface area (Å²) < 4.78 is 0. The monoisotopic (exact) mass is 222 g/mol. The number of hydrogen-bond acceptors (Lipinski definition) is 1. The largest absolute Gasteiger partial charge is 0.386 e. The van der Waals surface area contributed by atoms with Crippen LogP contribution in [-0.4, -0.2) is 10.7 Å². The van der Waals surface area contributed by atoms with Crippen LogP contribution in [0.15, 0.2) is 23.3 Å². The Morgan fingerprint density at radius 3 is 1.94 bits per heavy atom. The number of allylic oxidation sites excluding steroid dienone is 2. The fourth-order valence-electron chi connectivity index (χ4n) is 1.97. The van der Waals surface area contributed by atoms with E-state index in [4.69, 9.17) is 0 Å². The highest BCUT2D eigenvalue weighted by molar-refractivity contribution is 5.38. The van der Waals surface area contributed by atoms with Crippen LogP contribution in [0, 0.1) is 10.8 Å². The van der Waals surface area contributed by atoms with Gasteiger partial charge < -0.3 is 5.11 Å². The molecule has 0 aliphatic heterocycles. The molecule has 0 saturated heterocycles. The van der Waals surface area contributed by atoms with Gasteiger partial charge in [-0.15, -0.1) is 0 Å². The molecule has 0 aromatic carbocycles. The lowest BCUT2D eigenvalue weighted by Gasteiger charge is -2.36. The zero-order valence-corrected chi connectivity index (χ0v) is 11.8. The molecule has 0 bridgehead atoms. The summed E-state index contributed by atoms with van der Waals surface area (Å²) in [4.78, 5) is 0. The Kier molecular flexibility index (Phi) is 3.15. The Bertz CT molecular complexity index is 329. The third-order valence-corrected chi connectivity index (χ3v) is 3.17. The van der Waals surface area contributed by atoms with Crippen LogP contribution in [0.1, 0.15) is 54.9 Å². The van der Waals surface area contributed by atoms with E-state index in [0.717, 1.165) is 6.42 Å². The van der Waals surface area contributed by atoms with Crippen LogP contribution >= 0.6 is 0 Å². The SMILES string of the molecule is CC1(O)C=C(C(C)(C)C)C=C(C(C)(C)C)C1. The summed E-state index contributed by atoms with van der Waals surface area (Å²) in [5.74, 6) is 0. The standard InChI is InChI=1S/C15H26O/c1-13(2,3)11-8-12(14(4,5)6)10-15(7,16)9-11/h8-9,16H,10H2,1-7H3. The molecule has 1 N–H and O–H groups in total. The maximum Gasteiger partial charge on any atom is 0.0842 e. The van der Waals surface area contributed by atoms with Gasteiger partial charge in [0.25, 0.3) is 0 Å². The van der Waals surface area contributed by atoms with Crippen molar-refractivity contribution < 1.29 is 5.11 Å². The first-order valence-electron chi connectivity index (χ1n) is 6.09. The Labute approximate surface area is 100 Å². The average molecular weight is 222 g/mol. The zero-order chi connectivity index (χ0) is 12.8. The maximum absolute atomic E-state index is 10.3. The second-order valence-electron chi connectivity index (χ2n) is 7.30. The molecule has 1 nitrogen and oxygen atoms in total. The first-order valence-corrected chi connectivity index (χ1v) is 6.09. The molecule has 1 heteroatoms. The lowest BCUT2D eigenvalue weighted by molar-refractivity contribution is 0.102. The van der Waals surface area contributed by atoms with Crippen LogP contribution in [0.4, 0.5) is 0 Å². The van der Waals surface area contributed by atoms with Crippen LogP contribution in [0.5, 0.6) is 0 Å². The normalized spacial score (nSPS) is 27.5. The summed E-state index contributed by atoms with van der Waals surface area (Å²) in [5, 5.41) is 10.3. The summed E-state index contributed by atoms with van der Waals surface area (Å²) in [7, 11) is 0. The summed E-state index contributed by atoms with van der Waals surface area (Å²) >= 11 is 0. The van der Waals surface area contributed by atoms with Crippen molar-refractivity contribution >= 4 is 0 Å². The van der Waals surface area contributed by atoms with Gasteiger partial charge in [-0.3, -0.25) is 0 Å². The molecule has 0 aromatic rings. The van der Waals surface area contributed by atoms with Gasteiger partial charge in [0, 0.05) is 6.42 Å². The molecule has 0 saturated carbocycles. The van der Waals surface area contributed by atoms with E-state index in [1.54, 1.807) is 0 Å². The van der Waals surface area contributed by atoms with Crippen molar-refractivity contribution in [3.8, 4) is 0 Å². The molecule has 1 atom stereocenters. The Morgan fingerprint density at radius 1 is 1.06 bits per heavy atom. The lowest BCUT2D eigenvalue weighted by atomic mass is 9.71.